The lowest BCUT2D eigenvalue weighted by atomic mass is 9.75. The van der Waals surface area contributed by atoms with Gasteiger partial charge in [0, 0.05) is 5.92 Å². The van der Waals surface area contributed by atoms with E-state index in [9.17, 15) is 9.59 Å². The maximum Gasteiger partial charge on any atom is 0.309 e. The second-order valence-corrected chi connectivity index (χ2v) is 6.44. The zero-order valence-corrected chi connectivity index (χ0v) is 11.6. The van der Waals surface area contributed by atoms with Crippen molar-refractivity contribution in [2.45, 2.75) is 52.6 Å². The topological polar surface area (TPSA) is 43.4 Å². The van der Waals surface area contributed by atoms with Crippen LogP contribution in [0.25, 0.3) is 0 Å². The summed E-state index contributed by atoms with van der Waals surface area (Å²) in [6.45, 7) is 6.63. The van der Waals surface area contributed by atoms with Crippen molar-refractivity contribution in [2.24, 2.45) is 29.6 Å². The van der Waals surface area contributed by atoms with Gasteiger partial charge in [-0.1, -0.05) is 27.2 Å². The van der Waals surface area contributed by atoms with E-state index in [0.29, 0.717) is 24.2 Å². The standard InChI is InChI=1S/C15H24O3/c1-9(2)12-5-4-10(3)6-14(12)18-15(17)13-7-11(13)8-16/h8-14H,4-7H2,1-3H3. The molecule has 3 heteroatoms. The third-order valence-electron chi connectivity index (χ3n) is 4.55. The predicted octanol–water partition coefficient (Wildman–Crippen LogP) is 2.83. The molecule has 0 spiro atoms. The highest BCUT2D eigenvalue weighted by Crippen LogP contribution is 2.40. The van der Waals surface area contributed by atoms with E-state index in [2.05, 4.69) is 20.8 Å². The first-order valence-corrected chi connectivity index (χ1v) is 7.18. The number of hydrogen-bond acceptors (Lipinski definition) is 3. The second-order valence-electron chi connectivity index (χ2n) is 6.44. The molecule has 18 heavy (non-hydrogen) atoms. The molecular weight excluding hydrogens is 228 g/mol. The smallest absolute Gasteiger partial charge is 0.309 e. The van der Waals surface area contributed by atoms with Crippen LogP contribution in [0.3, 0.4) is 0 Å². The fourth-order valence-electron chi connectivity index (χ4n) is 3.12. The number of rotatable bonds is 4. The molecule has 0 aromatic rings. The summed E-state index contributed by atoms with van der Waals surface area (Å²) in [6, 6.07) is 0. The minimum absolute atomic E-state index is 0.0640. The average molecular weight is 252 g/mol. The largest absolute Gasteiger partial charge is 0.462 e. The summed E-state index contributed by atoms with van der Waals surface area (Å²) < 4.78 is 5.69. The number of esters is 1. The Kier molecular flexibility index (Phi) is 4.08. The molecule has 0 bridgehead atoms. The zero-order chi connectivity index (χ0) is 13.3. The summed E-state index contributed by atoms with van der Waals surface area (Å²) in [6.07, 6.45) is 5.00. The SMILES string of the molecule is CC1CCC(C(C)C)C(OC(=O)C2CC2C=O)C1. The van der Waals surface area contributed by atoms with E-state index in [0.717, 1.165) is 19.1 Å². The molecule has 0 aromatic heterocycles. The minimum atomic E-state index is -0.146. The van der Waals surface area contributed by atoms with Crippen molar-refractivity contribution in [3.63, 3.8) is 0 Å². The molecule has 5 unspecified atom stereocenters. The Balaban J connectivity index is 1.92. The molecule has 102 valence electrons. The van der Waals surface area contributed by atoms with Gasteiger partial charge in [-0.25, -0.2) is 0 Å². The van der Waals surface area contributed by atoms with Crippen LogP contribution >= 0.6 is 0 Å². The monoisotopic (exact) mass is 252 g/mol. The van der Waals surface area contributed by atoms with Crippen LogP contribution in [0.1, 0.15) is 46.5 Å². The number of ether oxygens (including phenoxy) is 1. The molecule has 3 nitrogen and oxygen atoms in total. The third-order valence-corrected chi connectivity index (χ3v) is 4.55. The summed E-state index contributed by atoms with van der Waals surface area (Å²) in [5.74, 6) is 1.31. The molecule has 2 aliphatic rings. The molecule has 2 rings (SSSR count). The molecule has 0 aliphatic heterocycles. The molecule has 2 fully saturated rings. The van der Waals surface area contributed by atoms with Crippen LogP contribution in [0.5, 0.6) is 0 Å². The molecule has 0 radical (unpaired) electrons. The van der Waals surface area contributed by atoms with Gasteiger partial charge in [-0.15, -0.1) is 0 Å². The highest BCUT2D eigenvalue weighted by atomic mass is 16.5. The lowest BCUT2D eigenvalue weighted by Crippen LogP contribution is -2.36. The number of aldehydes is 1. The van der Waals surface area contributed by atoms with Crippen LogP contribution in [0, 0.1) is 29.6 Å². The molecule has 2 aliphatic carbocycles. The first kappa shape index (κ1) is 13.6. The lowest BCUT2D eigenvalue weighted by molar-refractivity contribution is -0.158. The Morgan fingerprint density at radius 3 is 2.56 bits per heavy atom. The third kappa shape index (κ3) is 2.93. The van der Waals surface area contributed by atoms with Crippen molar-refractivity contribution in [3.05, 3.63) is 0 Å². The van der Waals surface area contributed by atoms with Gasteiger partial charge in [-0.3, -0.25) is 4.79 Å². The zero-order valence-electron chi connectivity index (χ0n) is 11.6. The normalized spacial score (nSPS) is 39.4. The quantitative estimate of drug-likeness (QED) is 0.571. The molecule has 0 aromatic carbocycles. The van der Waals surface area contributed by atoms with Gasteiger partial charge in [-0.2, -0.15) is 0 Å². The maximum atomic E-state index is 11.9. The first-order chi connectivity index (χ1) is 8.52. The van der Waals surface area contributed by atoms with Gasteiger partial charge in [0.15, 0.2) is 0 Å². The minimum Gasteiger partial charge on any atom is -0.462 e. The number of hydrogen-bond donors (Lipinski definition) is 0. The molecule has 0 N–H and O–H groups in total. The first-order valence-electron chi connectivity index (χ1n) is 7.18. The van der Waals surface area contributed by atoms with E-state index in [-0.39, 0.29) is 23.9 Å². The van der Waals surface area contributed by atoms with Gasteiger partial charge in [0.1, 0.15) is 12.4 Å². The van der Waals surface area contributed by atoms with Gasteiger partial charge in [-0.05, 0) is 37.0 Å². The van der Waals surface area contributed by atoms with Crippen molar-refractivity contribution < 1.29 is 14.3 Å². The summed E-state index contributed by atoms with van der Waals surface area (Å²) in [5, 5.41) is 0. The summed E-state index contributed by atoms with van der Waals surface area (Å²) in [4.78, 5) is 22.5. The van der Waals surface area contributed by atoms with Crippen molar-refractivity contribution >= 4 is 12.3 Å². The Hall–Kier alpha value is -0.860. The van der Waals surface area contributed by atoms with Gasteiger partial charge >= 0.3 is 5.97 Å². The highest BCUT2D eigenvalue weighted by molar-refractivity contribution is 5.81. The van der Waals surface area contributed by atoms with Crippen molar-refractivity contribution in [3.8, 4) is 0 Å². The summed E-state index contributed by atoms with van der Waals surface area (Å²) in [7, 11) is 0. The van der Waals surface area contributed by atoms with E-state index in [1.165, 1.54) is 6.42 Å². The Labute approximate surface area is 109 Å². The van der Waals surface area contributed by atoms with E-state index in [1.807, 2.05) is 0 Å². The van der Waals surface area contributed by atoms with Crippen molar-refractivity contribution in [1.29, 1.82) is 0 Å². The Morgan fingerprint density at radius 2 is 2.00 bits per heavy atom. The van der Waals surface area contributed by atoms with Gasteiger partial charge in [0.25, 0.3) is 0 Å². The van der Waals surface area contributed by atoms with E-state index in [4.69, 9.17) is 4.74 Å². The average Bonchev–Trinajstić information content (AvgIpc) is 3.07. The van der Waals surface area contributed by atoms with Crippen LogP contribution in [-0.2, 0) is 14.3 Å². The van der Waals surface area contributed by atoms with Crippen LogP contribution in [0.2, 0.25) is 0 Å². The maximum absolute atomic E-state index is 11.9. The van der Waals surface area contributed by atoms with E-state index < -0.39 is 0 Å². The summed E-state index contributed by atoms with van der Waals surface area (Å²) >= 11 is 0. The fraction of sp³-hybridized carbons (Fsp3) is 0.867. The Bertz CT molecular complexity index is 324. The van der Waals surface area contributed by atoms with E-state index >= 15 is 0 Å². The number of carbonyl (C=O) groups excluding carboxylic acids is 2. The summed E-state index contributed by atoms with van der Waals surface area (Å²) in [5.41, 5.74) is 0. The Morgan fingerprint density at radius 1 is 1.28 bits per heavy atom. The lowest BCUT2D eigenvalue weighted by Gasteiger charge is -2.36. The van der Waals surface area contributed by atoms with Gasteiger partial charge in [0.05, 0.1) is 5.92 Å². The van der Waals surface area contributed by atoms with Crippen LogP contribution in [0.4, 0.5) is 0 Å². The molecule has 0 amide bonds. The van der Waals surface area contributed by atoms with E-state index in [1.54, 1.807) is 0 Å². The molecule has 0 heterocycles. The van der Waals surface area contributed by atoms with Crippen LogP contribution in [-0.4, -0.2) is 18.4 Å². The fourth-order valence-corrected chi connectivity index (χ4v) is 3.12. The van der Waals surface area contributed by atoms with Crippen molar-refractivity contribution in [1.82, 2.24) is 0 Å². The predicted molar refractivity (Wildman–Crippen MR) is 68.9 cm³/mol. The molecule has 5 atom stereocenters. The second kappa shape index (κ2) is 5.41. The van der Waals surface area contributed by atoms with Gasteiger partial charge < -0.3 is 9.53 Å². The molecular formula is C15H24O3. The van der Waals surface area contributed by atoms with Gasteiger partial charge in [0.2, 0.25) is 0 Å². The van der Waals surface area contributed by atoms with Crippen LogP contribution in [0.15, 0.2) is 0 Å². The van der Waals surface area contributed by atoms with Crippen molar-refractivity contribution in [2.75, 3.05) is 0 Å². The highest BCUT2D eigenvalue weighted by Gasteiger charge is 2.46. The number of carbonyl (C=O) groups is 2. The molecule has 2 saturated carbocycles. The van der Waals surface area contributed by atoms with Crippen LogP contribution < -0.4 is 0 Å². The molecule has 0 saturated heterocycles.